The molecule has 0 radical (unpaired) electrons. The van der Waals surface area contributed by atoms with Gasteiger partial charge in [-0.1, -0.05) is 43.2 Å². The first-order valence-electron chi connectivity index (χ1n) is 7.79. The molecule has 5 heteroatoms. The number of rotatable bonds is 8. The van der Waals surface area contributed by atoms with Crippen LogP contribution in [-0.2, 0) is 16.4 Å². The van der Waals surface area contributed by atoms with Crippen LogP contribution in [0, 0.1) is 6.92 Å². The maximum Gasteiger partial charge on any atom is 0.240 e. The van der Waals surface area contributed by atoms with Gasteiger partial charge in [-0.15, -0.1) is 0 Å². The fourth-order valence-corrected chi connectivity index (χ4v) is 3.20. The highest BCUT2D eigenvalue weighted by atomic mass is 32.2. The highest BCUT2D eigenvalue weighted by Gasteiger charge is 2.12. The Morgan fingerprint density at radius 3 is 2.26 bits per heavy atom. The van der Waals surface area contributed by atoms with Gasteiger partial charge in [-0.05, 0) is 43.2 Å². The average molecular weight is 333 g/mol. The van der Waals surface area contributed by atoms with Crippen molar-refractivity contribution in [3.05, 3.63) is 59.7 Å². The molecule has 23 heavy (non-hydrogen) atoms. The van der Waals surface area contributed by atoms with Crippen molar-refractivity contribution in [1.29, 1.82) is 0 Å². The summed E-state index contributed by atoms with van der Waals surface area (Å²) in [6.07, 6.45) is 2.00. The molecule has 0 aliphatic carbocycles. The zero-order valence-electron chi connectivity index (χ0n) is 13.6. The molecule has 0 saturated heterocycles. The third kappa shape index (κ3) is 5.37. The van der Waals surface area contributed by atoms with Crippen molar-refractivity contribution in [2.24, 2.45) is 0 Å². The number of aryl methyl sites for hydroxylation is 2. The molecule has 0 aliphatic rings. The first-order chi connectivity index (χ1) is 11.0. The van der Waals surface area contributed by atoms with Crippen molar-refractivity contribution in [3.8, 4) is 5.75 Å². The van der Waals surface area contributed by atoms with Crippen LogP contribution in [0.25, 0.3) is 0 Å². The Bertz CT molecular complexity index is 707. The number of ether oxygens (including phenoxy) is 1. The molecule has 0 aliphatic heterocycles. The third-order valence-corrected chi connectivity index (χ3v) is 4.93. The third-order valence-electron chi connectivity index (χ3n) is 3.46. The van der Waals surface area contributed by atoms with Crippen LogP contribution in [-0.4, -0.2) is 21.6 Å². The summed E-state index contributed by atoms with van der Waals surface area (Å²) in [5.41, 5.74) is 2.30. The van der Waals surface area contributed by atoms with Crippen LogP contribution in [0.1, 0.15) is 24.5 Å². The fourth-order valence-electron chi connectivity index (χ4n) is 2.19. The highest BCUT2D eigenvalue weighted by Crippen LogP contribution is 2.13. The van der Waals surface area contributed by atoms with Crippen molar-refractivity contribution in [2.75, 3.05) is 13.2 Å². The monoisotopic (exact) mass is 333 g/mol. The van der Waals surface area contributed by atoms with E-state index in [1.807, 2.05) is 43.3 Å². The van der Waals surface area contributed by atoms with E-state index in [2.05, 4.69) is 11.6 Å². The molecule has 0 amide bonds. The number of nitrogens with one attached hydrogen (secondary N) is 1. The second kappa shape index (κ2) is 8.13. The Balaban J connectivity index is 1.84. The molecule has 0 spiro atoms. The summed E-state index contributed by atoms with van der Waals surface area (Å²) in [5, 5.41) is 0. The average Bonchev–Trinajstić information content (AvgIpc) is 2.54. The van der Waals surface area contributed by atoms with E-state index >= 15 is 0 Å². The van der Waals surface area contributed by atoms with Crippen molar-refractivity contribution >= 4 is 10.0 Å². The quantitative estimate of drug-likeness (QED) is 0.754. The summed E-state index contributed by atoms with van der Waals surface area (Å²) in [6, 6.07) is 14.7. The normalized spacial score (nSPS) is 11.4. The summed E-state index contributed by atoms with van der Waals surface area (Å²) in [5.74, 6) is 0.735. The van der Waals surface area contributed by atoms with Crippen LogP contribution in [0.4, 0.5) is 0 Å². The van der Waals surface area contributed by atoms with Crippen LogP contribution in [0.15, 0.2) is 53.4 Å². The number of benzene rings is 2. The molecule has 2 aromatic carbocycles. The van der Waals surface area contributed by atoms with Gasteiger partial charge in [0, 0.05) is 6.54 Å². The minimum Gasteiger partial charge on any atom is -0.492 e. The molecular weight excluding hydrogens is 310 g/mol. The Labute approximate surface area is 138 Å². The van der Waals surface area contributed by atoms with E-state index in [4.69, 9.17) is 4.74 Å². The lowest BCUT2D eigenvalue weighted by molar-refractivity contribution is 0.323. The van der Waals surface area contributed by atoms with E-state index in [0.717, 1.165) is 29.7 Å². The minimum absolute atomic E-state index is 0.229. The van der Waals surface area contributed by atoms with Gasteiger partial charge in [-0.2, -0.15) is 0 Å². The van der Waals surface area contributed by atoms with Gasteiger partial charge in [0.25, 0.3) is 0 Å². The van der Waals surface area contributed by atoms with Gasteiger partial charge in [0.1, 0.15) is 12.4 Å². The molecule has 2 aromatic rings. The maximum absolute atomic E-state index is 12.2. The smallest absolute Gasteiger partial charge is 0.240 e. The lowest BCUT2D eigenvalue weighted by Gasteiger charge is -2.09. The minimum atomic E-state index is -3.48. The Hall–Kier alpha value is -1.85. The first-order valence-corrected chi connectivity index (χ1v) is 9.27. The van der Waals surface area contributed by atoms with Gasteiger partial charge >= 0.3 is 0 Å². The van der Waals surface area contributed by atoms with Crippen molar-refractivity contribution in [2.45, 2.75) is 31.6 Å². The molecule has 0 unspecified atom stereocenters. The van der Waals surface area contributed by atoms with E-state index in [1.165, 1.54) is 0 Å². The second-order valence-electron chi connectivity index (χ2n) is 5.45. The van der Waals surface area contributed by atoms with Gasteiger partial charge in [0.05, 0.1) is 4.90 Å². The topological polar surface area (TPSA) is 55.4 Å². The predicted molar refractivity (Wildman–Crippen MR) is 92.3 cm³/mol. The standard InChI is InChI=1S/C18H23NO3S/c1-3-4-16-7-11-18(12-8-16)23(20,21)19-13-14-22-17-9-5-15(2)6-10-17/h5-12,19H,3-4,13-14H2,1-2H3. The summed E-state index contributed by atoms with van der Waals surface area (Å²) >= 11 is 0. The van der Waals surface area contributed by atoms with Crippen LogP contribution in [0.5, 0.6) is 5.75 Å². The van der Waals surface area contributed by atoms with E-state index in [1.54, 1.807) is 12.1 Å². The molecule has 0 heterocycles. The zero-order chi connectivity index (χ0) is 16.7. The second-order valence-corrected chi connectivity index (χ2v) is 7.22. The lowest BCUT2D eigenvalue weighted by Crippen LogP contribution is -2.28. The Kier molecular flexibility index (Phi) is 6.19. The van der Waals surface area contributed by atoms with Crippen molar-refractivity contribution in [3.63, 3.8) is 0 Å². The maximum atomic E-state index is 12.2. The van der Waals surface area contributed by atoms with Crippen molar-refractivity contribution < 1.29 is 13.2 Å². The summed E-state index contributed by atoms with van der Waals surface area (Å²) in [6.45, 7) is 4.62. The Morgan fingerprint density at radius 1 is 1.00 bits per heavy atom. The van der Waals surface area contributed by atoms with Gasteiger partial charge in [-0.3, -0.25) is 0 Å². The zero-order valence-corrected chi connectivity index (χ0v) is 14.4. The molecule has 0 aromatic heterocycles. The molecule has 124 valence electrons. The van der Waals surface area contributed by atoms with Gasteiger partial charge in [0.2, 0.25) is 10.0 Å². The molecule has 4 nitrogen and oxygen atoms in total. The number of sulfonamides is 1. The van der Waals surface area contributed by atoms with Crippen LogP contribution in [0.2, 0.25) is 0 Å². The van der Waals surface area contributed by atoms with Crippen LogP contribution < -0.4 is 9.46 Å². The molecular formula is C18H23NO3S. The highest BCUT2D eigenvalue weighted by molar-refractivity contribution is 7.89. The largest absolute Gasteiger partial charge is 0.492 e. The Morgan fingerprint density at radius 2 is 1.65 bits per heavy atom. The molecule has 2 rings (SSSR count). The number of hydrogen-bond donors (Lipinski definition) is 1. The summed E-state index contributed by atoms with van der Waals surface area (Å²) in [4.78, 5) is 0.285. The fraction of sp³-hybridized carbons (Fsp3) is 0.333. The molecule has 0 bridgehead atoms. The van der Waals surface area contributed by atoms with Gasteiger partial charge < -0.3 is 4.74 Å². The first kappa shape index (κ1) is 17.5. The molecule has 0 saturated carbocycles. The van der Waals surface area contributed by atoms with E-state index < -0.39 is 10.0 Å². The molecule has 1 N–H and O–H groups in total. The van der Waals surface area contributed by atoms with Crippen LogP contribution >= 0.6 is 0 Å². The van der Waals surface area contributed by atoms with Crippen molar-refractivity contribution in [1.82, 2.24) is 4.72 Å². The molecule has 0 fully saturated rings. The van der Waals surface area contributed by atoms with Gasteiger partial charge in [0.15, 0.2) is 0 Å². The van der Waals surface area contributed by atoms with Gasteiger partial charge in [-0.25, -0.2) is 13.1 Å². The number of hydrogen-bond acceptors (Lipinski definition) is 3. The van der Waals surface area contributed by atoms with E-state index in [0.29, 0.717) is 0 Å². The lowest BCUT2D eigenvalue weighted by atomic mass is 10.1. The predicted octanol–water partition coefficient (Wildman–Crippen LogP) is 3.30. The van der Waals surface area contributed by atoms with E-state index in [9.17, 15) is 8.42 Å². The van der Waals surface area contributed by atoms with Crippen LogP contribution in [0.3, 0.4) is 0 Å². The molecule has 0 atom stereocenters. The van der Waals surface area contributed by atoms with E-state index in [-0.39, 0.29) is 18.0 Å². The summed E-state index contributed by atoms with van der Waals surface area (Å²) < 4.78 is 32.5. The SMILES string of the molecule is CCCc1ccc(S(=O)(=O)NCCOc2ccc(C)cc2)cc1. The summed E-state index contributed by atoms with van der Waals surface area (Å²) in [7, 11) is -3.48.